The van der Waals surface area contributed by atoms with Gasteiger partial charge in [-0.25, -0.2) is 0 Å². The maximum atomic E-state index is 5.89. The van der Waals surface area contributed by atoms with Gasteiger partial charge in [0.05, 0.1) is 13.2 Å². The number of benzene rings is 1. The molecule has 1 aromatic rings. The van der Waals surface area contributed by atoms with Gasteiger partial charge in [-0.2, -0.15) is 0 Å². The quantitative estimate of drug-likeness (QED) is 0.740. The Morgan fingerprint density at radius 3 is 2.53 bits per heavy atom. The lowest BCUT2D eigenvalue weighted by atomic mass is 9.92. The lowest BCUT2D eigenvalue weighted by Crippen LogP contribution is -2.38. The van der Waals surface area contributed by atoms with E-state index in [-0.39, 0.29) is 0 Å². The van der Waals surface area contributed by atoms with E-state index in [2.05, 4.69) is 29.6 Å². The molecule has 3 nitrogen and oxygen atoms in total. The van der Waals surface area contributed by atoms with Gasteiger partial charge in [0.15, 0.2) is 0 Å². The second-order valence-electron chi connectivity index (χ2n) is 5.41. The predicted octanol–water partition coefficient (Wildman–Crippen LogP) is 2.11. The molecular formula is C16H26N2O. The fourth-order valence-electron chi connectivity index (χ4n) is 2.60. The Morgan fingerprint density at radius 2 is 1.79 bits per heavy atom. The van der Waals surface area contributed by atoms with Crippen LogP contribution in [-0.4, -0.2) is 31.8 Å². The standard InChI is InChI=1S/C16H26N2O/c17-15-6-8-16(9-7-15)18-11-13-19-12-10-14-4-2-1-3-5-14/h1-5,15-16,18H,6-13,17H2. The summed E-state index contributed by atoms with van der Waals surface area (Å²) in [5.41, 5.74) is 7.24. The van der Waals surface area contributed by atoms with E-state index in [9.17, 15) is 0 Å². The van der Waals surface area contributed by atoms with Crippen LogP contribution in [0.2, 0.25) is 0 Å². The van der Waals surface area contributed by atoms with E-state index < -0.39 is 0 Å². The number of nitrogens with two attached hydrogens (primary N) is 1. The molecule has 1 fully saturated rings. The molecule has 0 saturated heterocycles. The van der Waals surface area contributed by atoms with E-state index in [1.54, 1.807) is 0 Å². The van der Waals surface area contributed by atoms with Gasteiger partial charge in [0, 0.05) is 18.6 Å². The van der Waals surface area contributed by atoms with Crippen molar-refractivity contribution >= 4 is 0 Å². The average Bonchev–Trinajstić information content (AvgIpc) is 2.46. The summed E-state index contributed by atoms with van der Waals surface area (Å²) >= 11 is 0. The van der Waals surface area contributed by atoms with Crippen molar-refractivity contribution in [2.24, 2.45) is 5.73 Å². The minimum atomic E-state index is 0.431. The van der Waals surface area contributed by atoms with Crippen LogP contribution < -0.4 is 11.1 Å². The Bertz CT molecular complexity index is 334. The Kier molecular flexibility index (Phi) is 6.34. The van der Waals surface area contributed by atoms with Crippen molar-refractivity contribution in [1.82, 2.24) is 5.32 Å². The largest absolute Gasteiger partial charge is 0.380 e. The molecular weight excluding hydrogens is 236 g/mol. The fraction of sp³-hybridized carbons (Fsp3) is 0.625. The van der Waals surface area contributed by atoms with E-state index in [1.165, 1.54) is 18.4 Å². The highest BCUT2D eigenvalue weighted by Gasteiger charge is 2.17. The molecule has 0 unspecified atom stereocenters. The minimum Gasteiger partial charge on any atom is -0.380 e. The lowest BCUT2D eigenvalue weighted by Gasteiger charge is -2.26. The number of hydrogen-bond donors (Lipinski definition) is 2. The van der Waals surface area contributed by atoms with E-state index in [4.69, 9.17) is 10.5 Å². The summed E-state index contributed by atoms with van der Waals surface area (Å²) in [5.74, 6) is 0. The monoisotopic (exact) mass is 262 g/mol. The molecule has 0 heterocycles. The highest BCUT2D eigenvalue weighted by molar-refractivity contribution is 5.14. The summed E-state index contributed by atoms with van der Waals surface area (Å²) in [6.07, 6.45) is 5.74. The Labute approximate surface area is 116 Å². The lowest BCUT2D eigenvalue weighted by molar-refractivity contribution is 0.134. The normalized spacial score (nSPS) is 23.4. The summed E-state index contributed by atoms with van der Waals surface area (Å²) in [6, 6.07) is 11.6. The van der Waals surface area contributed by atoms with Gasteiger partial charge in [0.25, 0.3) is 0 Å². The van der Waals surface area contributed by atoms with Crippen molar-refractivity contribution < 1.29 is 4.74 Å². The van der Waals surface area contributed by atoms with Gasteiger partial charge in [-0.3, -0.25) is 0 Å². The van der Waals surface area contributed by atoms with Gasteiger partial charge >= 0.3 is 0 Å². The van der Waals surface area contributed by atoms with Crippen LogP contribution in [0.1, 0.15) is 31.2 Å². The second kappa shape index (κ2) is 8.31. The maximum Gasteiger partial charge on any atom is 0.0591 e. The molecule has 0 aliphatic heterocycles. The van der Waals surface area contributed by atoms with Crippen molar-refractivity contribution in [3.63, 3.8) is 0 Å². The summed E-state index contributed by atoms with van der Waals surface area (Å²) < 4.78 is 5.66. The smallest absolute Gasteiger partial charge is 0.0591 e. The molecule has 106 valence electrons. The van der Waals surface area contributed by atoms with Crippen LogP contribution in [0.5, 0.6) is 0 Å². The Morgan fingerprint density at radius 1 is 1.05 bits per heavy atom. The number of ether oxygens (including phenoxy) is 1. The maximum absolute atomic E-state index is 5.89. The van der Waals surface area contributed by atoms with Gasteiger partial charge in [-0.05, 0) is 37.7 Å². The molecule has 0 atom stereocenters. The third-order valence-corrected chi connectivity index (χ3v) is 3.83. The molecule has 1 aromatic carbocycles. The van der Waals surface area contributed by atoms with Crippen LogP contribution in [0.4, 0.5) is 0 Å². The van der Waals surface area contributed by atoms with Crippen LogP contribution in [0, 0.1) is 0 Å². The first-order chi connectivity index (χ1) is 9.34. The predicted molar refractivity (Wildman–Crippen MR) is 79.2 cm³/mol. The first-order valence-electron chi connectivity index (χ1n) is 7.45. The molecule has 1 aliphatic rings. The topological polar surface area (TPSA) is 47.3 Å². The zero-order chi connectivity index (χ0) is 13.3. The van der Waals surface area contributed by atoms with Crippen molar-refractivity contribution in [2.75, 3.05) is 19.8 Å². The average molecular weight is 262 g/mol. The minimum absolute atomic E-state index is 0.431. The number of rotatable bonds is 7. The van der Waals surface area contributed by atoms with Gasteiger partial charge in [0.1, 0.15) is 0 Å². The van der Waals surface area contributed by atoms with Gasteiger partial charge in [-0.15, -0.1) is 0 Å². The van der Waals surface area contributed by atoms with E-state index >= 15 is 0 Å². The Hall–Kier alpha value is -0.900. The Balaban J connectivity index is 1.46. The van der Waals surface area contributed by atoms with Gasteiger partial charge < -0.3 is 15.8 Å². The molecule has 0 amide bonds. The molecule has 0 aromatic heterocycles. The van der Waals surface area contributed by atoms with E-state index in [0.717, 1.165) is 39.0 Å². The zero-order valence-corrected chi connectivity index (χ0v) is 11.7. The molecule has 3 N–H and O–H groups in total. The molecule has 0 radical (unpaired) electrons. The third-order valence-electron chi connectivity index (χ3n) is 3.83. The zero-order valence-electron chi connectivity index (χ0n) is 11.7. The fourth-order valence-corrected chi connectivity index (χ4v) is 2.60. The van der Waals surface area contributed by atoms with Crippen molar-refractivity contribution in [1.29, 1.82) is 0 Å². The number of hydrogen-bond acceptors (Lipinski definition) is 3. The van der Waals surface area contributed by atoms with Crippen LogP contribution >= 0.6 is 0 Å². The second-order valence-corrected chi connectivity index (χ2v) is 5.41. The van der Waals surface area contributed by atoms with Crippen molar-refractivity contribution in [3.05, 3.63) is 35.9 Å². The summed E-state index contributed by atoms with van der Waals surface area (Å²) in [5, 5.41) is 3.56. The molecule has 1 aliphatic carbocycles. The third kappa shape index (κ3) is 5.72. The molecule has 0 bridgehead atoms. The molecule has 1 saturated carbocycles. The van der Waals surface area contributed by atoms with Gasteiger partial charge in [0.2, 0.25) is 0 Å². The molecule has 2 rings (SSSR count). The molecule has 0 spiro atoms. The molecule has 19 heavy (non-hydrogen) atoms. The van der Waals surface area contributed by atoms with E-state index in [0.29, 0.717) is 12.1 Å². The SMILES string of the molecule is NC1CCC(NCCOCCc2ccccc2)CC1. The summed E-state index contributed by atoms with van der Waals surface area (Å²) in [6.45, 7) is 2.56. The van der Waals surface area contributed by atoms with Crippen LogP contribution in [0.15, 0.2) is 30.3 Å². The highest BCUT2D eigenvalue weighted by Crippen LogP contribution is 2.16. The van der Waals surface area contributed by atoms with E-state index in [1.807, 2.05) is 6.07 Å². The molecule has 3 heteroatoms. The summed E-state index contributed by atoms with van der Waals surface area (Å²) in [7, 11) is 0. The van der Waals surface area contributed by atoms with Crippen LogP contribution in [0.25, 0.3) is 0 Å². The summed E-state index contributed by atoms with van der Waals surface area (Å²) in [4.78, 5) is 0. The first kappa shape index (κ1) is 14.5. The number of nitrogens with one attached hydrogen (secondary N) is 1. The van der Waals surface area contributed by atoms with Crippen molar-refractivity contribution in [2.45, 2.75) is 44.2 Å². The van der Waals surface area contributed by atoms with Gasteiger partial charge in [-0.1, -0.05) is 30.3 Å². The van der Waals surface area contributed by atoms with Crippen molar-refractivity contribution in [3.8, 4) is 0 Å². The highest BCUT2D eigenvalue weighted by atomic mass is 16.5. The van der Waals surface area contributed by atoms with Crippen LogP contribution in [0.3, 0.4) is 0 Å². The van der Waals surface area contributed by atoms with Crippen LogP contribution in [-0.2, 0) is 11.2 Å². The first-order valence-corrected chi connectivity index (χ1v) is 7.45.